The lowest BCUT2D eigenvalue weighted by Crippen LogP contribution is -2.15. The maximum atomic E-state index is 12.3. The first-order valence-corrected chi connectivity index (χ1v) is 5.37. The summed E-state index contributed by atoms with van der Waals surface area (Å²) < 4.78 is 40.1. The molecule has 1 heterocycles. The van der Waals surface area contributed by atoms with Gasteiger partial charge in [0, 0.05) is 16.1 Å². The van der Waals surface area contributed by atoms with Crippen LogP contribution >= 0.6 is 48.4 Å². The van der Waals surface area contributed by atoms with Crippen molar-refractivity contribution in [2.75, 3.05) is 7.29 Å². The molecule has 0 aliphatic carbocycles. The summed E-state index contributed by atoms with van der Waals surface area (Å²) >= 11 is 8.39. The summed E-state index contributed by atoms with van der Waals surface area (Å²) in [4.78, 5) is 9.93. The lowest BCUT2D eigenvalue weighted by atomic mass is 10.6. The van der Waals surface area contributed by atoms with Gasteiger partial charge in [-0.05, 0) is 0 Å². The number of nitrogens with one attached hydrogen (secondary N) is 1. The van der Waals surface area contributed by atoms with E-state index in [1.807, 2.05) is 0 Å². The molecule has 0 aliphatic heterocycles. The molecule has 0 spiro atoms. The van der Waals surface area contributed by atoms with Gasteiger partial charge < -0.3 is 0 Å². The van der Waals surface area contributed by atoms with Crippen LogP contribution in [0.1, 0.15) is 5.82 Å². The fourth-order valence-electron chi connectivity index (χ4n) is 0.609. The number of hydrogen-bond donors (Lipinski definition) is 1. The molecule has 0 saturated carbocycles. The Bertz CT molecular complexity index is 356. The molecule has 1 rings (SSSR count). The van der Waals surface area contributed by atoms with Crippen LogP contribution in [0.25, 0.3) is 0 Å². The molecule has 11 heteroatoms. The molecule has 0 saturated heterocycles. The molecule has 1 aromatic heterocycles. The van der Waals surface area contributed by atoms with Crippen LogP contribution in [0.3, 0.4) is 0 Å². The number of halogens is 6. The Hall–Kier alpha value is -0.160. The molecule has 1 aromatic rings. The van der Waals surface area contributed by atoms with Crippen LogP contribution < -0.4 is 7.29 Å². The minimum absolute atomic E-state index is 0.237. The zero-order valence-corrected chi connectivity index (χ0v) is 11.3. The van der Waals surface area contributed by atoms with E-state index in [1.54, 1.807) is 0 Å². The first-order valence-electron chi connectivity index (χ1n) is 3.16. The van der Waals surface area contributed by atoms with Crippen molar-refractivity contribution in [1.29, 1.82) is 0 Å². The normalized spacial score (nSPS) is 11.3. The van der Waals surface area contributed by atoms with Crippen LogP contribution in [0.2, 0.25) is 0 Å². The number of hydrogen-bond acceptors (Lipinski definition) is 5. The monoisotopic (exact) mass is 413 g/mol. The lowest BCUT2D eigenvalue weighted by molar-refractivity contribution is -0.144. The van der Waals surface area contributed by atoms with Crippen LogP contribution in [-0.4, -0.2) is 15.0 Å². The number of alkyl halides is 3. The third-order valence-corrected chi connectivity index (χ3v) is 2.10. The molecule has 0 atom stereocenters. The first kappa shape index (κ1) is 12.9. The standard InChI is InChI=1S/C4HBr3F3N5/c5-14-2-11-1(4(8,9)10)12-3(13-2)15(6)7/h(H,11,12,13,14). The van der Waals surface area contributed by atoms with Crippen molar-refractivity contribution in [2.24, 2.45) is 0 Å². The minimum atomic E-state index is -4.63. The topological polar surface area (TPSA) is 53.9 Å². The van der Waals surface area contributed by atoms with Gasteiger partial charge in [0.15, 0.2) is 0 Å². The molecule has 0 unspecified atom stereocenters. The number of anilines is 2. The van der Waals surface area contributed by atoms with E-state index in [-0.39, 0.29) is 11.9 Å². The van der Waals surface area contributed by atoms with Crippen LogP contribution in [0, 0.1) is 0 Å². The first-order chi connectivity index (χ1) is 6.84. The highest BCUT2D eigenvalue weighted by Gasteiger charge is 2.36. The largest absolute Gasteiger partial charge is 0.451 e. The Labute approximate surface area is 107 Å². The second-order valence-corrected chi connectivity index (χ2v) is 4.87. The zero-order valence-electron chi connectivity index (χ0n) is 6.56. The highest BCUT2D eigenvalue weighted by Crippen LogP contribution is 2.29. The van der Waals surface area contributed by atoms with Gasteiger partial charge in [-0.25, -0.2) is 2.95 Å². The zero-order chi connectivity index (χ0) is 11.6. The predicted molar refractivity (Wildman–Crippen MR) is 57.7 cm³/mol. The summed E-state index contributed by atoms with van der Waals surface area (Å²) in [6.07, 6.45) is -4.63. The van der Waals surface area contributed by atoms with Gasteiger partial charge in [0.25, 0.3) is 5.95 Å². The third-order valence-electron chi connectivity index (χ3n) is 1.11. The maximum absolute atomic E-state index is 12.3. The molecule has 1 N–H and O–H groups in total. The van der Waals surface area contributed by atoms with Gasteiger partial charge >= 0.3 is 6.18 Å². The quantitative estimate of drug-likeness (QED) is 0.752. The van der Waals surface area contributed by atoms with Crippen LogP contribution in [0.4, 0.5) is 25.1 Å². The van der Waals surface area contributed by atoms with Gasteiger partial charge in [-0.15, -0.1) is 0 Å². The Balaban J connectivity index is 3.23. The number of rotatable bonds is 2. The van der Waals surface area contributed by atoms with Crippen molar-refractivity contribution in [3.63, 3.8) is 0 Å². The molecule has 0 aromatic carbocycles. The van der Waals surface area contributed by atoms with Crippen molar-refractivity contribution >= 4 is 60.3 Å². The van der Waals surface area contributed by atoms with Crippen molar-refractivity contribution in [3.05, 3.63) is 5.82 Å². The Morgan fingerprint density at radius 3 is 2.13 bits per heavy atom. The summed E-state index contributed by atoms with van der Waals surface area (Å²) in [5.74, 6) is -1.78. The van der Waals surface area contributed by atoms with Crippen molar-refractivity contribution in [1.82, 2.24) is 15.0 Å². The van der Waals surface area contributed by atoms with E-state index in [2.05, 4.69) is 67.7 Å². The van der Waals surface area contributed by atoms with Crippen molar-refractivity contribution in [2.45, 2.75) is 6.18 Å². The van der Waals surface area contributed by atoms with Crippen LogP contribution in [0.5, 0.6) is 0 Å². The highest BCUT2D eigenvalue weighted by molar-refractivity contribution is 9.25. The SMILES string of the molecule is FC(F)(F)c1nc(NBr)nc(N(Br)Br)n1. The second kappa shape index (κ2) is 4.78. The van der Waals surface area contributed by atoms with Gasteiger partial charge in [-0.2, -0.15) is 28.1 Å². The van der Waals surface area contributed by atoms with E-state index in [0.29, 0.717) is 0 Å². The van der Waals surface area contributed by atoms with Crippen LogP contribution in [0.15, 0.2) is 0 Å². The summed E-state index contributed by atoms with van der Waals surface area (Å²) in [6.45, 7) is 0. The molecule has 0 amide bonds. The van der Waals surface area contributed by atoms with Gasteiger partial charge in [0.05, 0.1) is 32.3 Å². The Morgan fingerprint density at radius 2 is 1.73 bits per heavy atom. The smallest absolute Gasteiger partial charge is 0.291 e. The van der Waals surface area contributed by atoms with E-state index in [0.717, 1.165) is 2.95 Å². The van der Waals surface area contributed by atoms with E-state index < -0.39 is 12.0 Å². The van der Waals surface area contributed by atoms with E-state index >= 15 is 0 Å². The third kappa shape index (κ3) is 3.41. The second-order valence-electron chi connectivity index (χ2n) is 2.11. The molecular formula is C4HBr3F3N5. The van der Waals surface area contributed by atoms with E-state index in [4.69, 9.17) is 0 Å². The average Bonchev–Trinajstić information content (AvgIpc) is 2.15. The highest BCUT2D eigenvalue weighted by atomic mass is 79.9. The molecule has 84 valence electrons. The fourth-order valence-corrected chi connectivity index (χ4v) is 1.10. The van der Waals surface area contributed by atoms with Gasteiger partial charge in [0.1, 0.15) is 0 Å². The van der Waals surface area contributed by atoms with Gasteiger partial charge in [-0.3, -0.25) is 4.34 Å². The molecule has 0 aliphatic rings. The maximum Gasteiger partial charge on any atom is 0.451 e. The Morgan fingerprint density at radius 1 is 1.13 bits per heavy atom. The van der Waals surface area contributed by atoms with Gasteiger partial charge in [0.2, 0.25) is 11.8 Å². The summed E-state index contributed by atoms with van der Waals surface area (Å²) in [7, 11) is 0. The number of aromatic nitrogens is 3. The van der Waals surface area contributed by atoms with Crippen molar-refractivity contribution in [3.8, 4) is 0 Å². The Kier molecular flexibility index (Phi) is 4.12. The molecule has 0 fully saturated rings. The van der Waals surface area contributed by atoms with E-state index in [9.17, 15) is 13.2 Å². The van der Waals surface area contributed by atoms with Crippen molar-refractivity contribution < 1.29 is 13.2 Å². The molecule has 0 radical (unpaired) electrons. The summed E-state index contributed by atoms with van der Waals surface area (Å²) in [5.41, 5.74) is 0. The summed E-state index contributed by atoms with van der Waals surface area (Å²) in [6, 6.07) is 0. The summed E-state index contributed by atoms with van der Waals surface area (Å²) in [5, 5.41) is 0. The van der Waals surface area contributed by atoms with E-state index in [1.165, 1.54) is 0 Å². The van der Waals surface area contributed by atoms with Gasteiger partial charge in [-0.1, -0.05) is 0 Å². The minimum Gasteiger partial charge on any atom is -0.291 e. The predicted octanol–water partition coefficient (Wildman–Crippen LogP) is 3.04. The number of nitrogens with zero attached hydrogens (tertiary/aromatic N) is 4. The lowest BCUT2D eigenvalue weighted by Gasteiger charge is -2.09. The fraction of sp³-hybridized carbons (Fsp3) is 0.250. The average molecular weight is 416 g/mol. The van der Waals surface area contributed by atoms with Crippen LogP contribution in [-0.2, 0) is 6.18 Å². The molecule has 0 bridgehead atoms. The molecular weight excluding hydrogens is 415 g/mol. The molecule has 5 nitrogen and oxygen atoms in total. The molecule has 15 heavy (non-hydrogen) atoms.